The maximum Gasteiger partial charge on any atom is 0.236 e. The van der Waals surface area contributed by atoms with E-state index in [9.17, 15) is 0 Å². The molecule has 0 bridgehead atoms. The van der Waals surface area contributed by atoms with Gasteiger partial charge < -0.3 is 14.6 Å². The van der Waals surface area contributed by atoms with E-state index in [-0.39, 0.29) is 6.61 Å². The Labute approximate surface area is 89.1 Å². The Bertz CT molecular complexity index is 305. The highest BCUT2D eigenvalue weighted by Crippen LogP contribution is 2.13. The summed E-state index contributed by atoms with van der Waals surface area (Å²) >= 11 is 0. The summed E-state index contributed by atoms with van der Waals surface area (Å²) in [6.45, 7) is 3.00. The first kappa shape index (κ1) is 11.9. The topological polar surface area (TPSA) is 64.5 Å². The maximum atomic E-state index is 8.84. The zero-order chi connectivity index (χ0) is 11.1. The van der Waals surface area contributed by atoms with Crippen molar-refractivity contribution in [2.45, 2.75) is 20.0 Å². The Balaban J connectivity index is 2.47. The Kier molecular flexibility index (Phi) is 5.00. The van der Waals surface area contributed by atoms with E-state index in [1.807, 2.05) is 6.92 Å². The number of hydrogen-bond donors (Lipinski definition) is 1. The number of nitrogens with zero attached hydrogens (tertiary/aromatic N) is 2. The lowest BCUT2D eigenvalue weighted by Crippen LogP contribution is -2.05. The molecule has 5 heteroatoms. The van der Waals surface area contributed by atoms with Crippen LogP contribution in [0.1, 0.15) is 17.7 Å². The molecule has 0 saturated carbocycles. The molecule has 5 nitrogen and oxygen atoms in total. The third-order valence-corrected chi connectivity index (χ3v) is 1.88. The summed E-state index contributed by atoms with van der Waals surface area (Å²) < 4.78 is 10.3. The quantitative estimate of drug-likeness (QED) is 0.703. The molecule has 0 saturated heterocycles. The number of methoxy groups -OCH3 is 1. The first-order valence-corrected chi connectivity index (χ1v) is 4.83. The molecule has 1 aromatic rings. The summed E-state index contributed by atoms with van der Waals surface area (Å²) in [7, 11) is 1.65. The van der Waals surface area contributed by atoms with Crippen molar-refractivity contribution in [2.24, 2.45) is 0 Å². The van der Waals surface area contributed by atoms with Crippen LogP contribution < -0.4 is 4.74 Å². The van der Waals surface area contributed by atoms with E-state index in [0.29, 0.717) is 24.8 Å². The van der Waals surface area contributed by atoms with E-state index in [1.165, 1.54) is 0 Å². The Hall–Kier alpha value is -1.20. The average molecular weight is 212 g/mol. The molecule has 15 heavy (non-hydrogen) atoms. The lowest BCUT2D eigenvalue weighted by atomic mass is 10.3. The van der Waals surface area contributed by atoms with Gasteiger partial charge in [-0.05, 0) is 13.0 Å². The summed E-state index contributed by atoms with van der Waals surface area (Å²) in [4.78, 5) is 0. The van der Waals surface area contributed by atoms with Crippen molar-refractivity contribution in [1.29, 1.82) is 0 Å². The number of aliphatic hydroxyl groups excluding tert-OH is 1. The van der Waals surface area contributed by atoms with Crippen molar-refractivity contribution in [3.05, 3.63) is 17.3 Å². The van der Waals surface area contributed by atoms with E-state index in [4.69, 9.17) is 14.6 Å². The number of aliphatic hydroxyl groups is 1. The third-order valence-electron chi connectivity index (χ3n) is 1.88. The summed E-state index contributed by atoms with van der Waals surface area (Å²) in [5, 5.41) is 16.5. The standard InChI is InChI=1S/C10H16N2O3/c1-8-6-9(7-13)11-12-10(8)15-5-3-4-14-2/h6,13H,3-5,7H2,1-2H3. The molecule has 0 amide bonds. The second-order valence-corrected chi connectivity index (χ2v) is 3.18. The van der Waals surface area contributed by atoms with Crippen LogP contribution in [0.5, 0.6) is 5.88 Å². The predicted octanol–water partition coefficient (Wildman–Crippen LogP) is 0.693. The zero-order valence-corrected chi connectivity index (χ0v) is 9.06. The molecule has 0 aromatic carbocycles. The van der Waals surface area contributed by atoms with Crippen molar-refractivity contribution in [1.82, 2.24) is 10.2 Å². The van der Waals surface area contributed by atoms with Crippen LogP contribution in [0.3, 0.4) is 0 Å². The van der Waals surface area contributed by atoms with Crippen LogP contribution >= 0.6 is 0 Å². The summed E-state index contributed by atoms with van der Waals surface area (Å²) in [5.41, 5.74) is 1.43. The average Bonchev–Trinajstić information content (AvgIpc) is 2.26. The summed E-state index contributed by atoms with van der Waals surface area (Å²) in [6, 6.07) is 1.76. The molecule has 0 radical (unpaired) electrons. The lowest BCUT2D eigenvalue weighted by Gasteiger charge is -2.07. The molecule has 0 aliphatic rings. The van der Waals surface area contributed by atoms with Gasteiger partial charge in [-0.1, -0.05) is 0 Å². The Morgan fingerprint density at radius 3 is 2.73 bits per heavy atom. The number of aryl methyl sites for hydroxylation is 1. The van der Waals surface area contributed by atoms with Gasteiger partial charge in [-0.25, -0.2) is 0 Å². The Morgan fingerprint density at radius 2 is 2.13 bits per heavy atom. The number of ether oxygens (including phenoxy) is 2. The van der Waals surface area contributed by atoms with Gasteiger partial charge in [-0.15, -0.1) is 10.2 Å². The molecular weight excluding hydrogens is 196 g/mol. The highest BCUT2D eigenvalue weighted by Gasteiger charge is 2.03. The molecule has 84 valence electrons. The van der Waals surface area contributed by atoms with Gasteiger partial charge >= 0.3 is 0 Å². The molecule has 1 aromatic heterocycles. The third kappa shape index (κ3) is 3.81. The fraction of sp³-hybridized carbons (Fsp3) is 0.600. The largest absolute Gasteiger partial charge is 0.476 e. The summed E-state index contributed by atoms with van der Waals surface area (Å²) in [5.74, 6) is 0.517. The van der Waals surface area contributed by atoms with E-state index in [0.717, 1.165) is 12.0 Å². The number of rotatable bonds is 6. The van der Waals surface area contributed by atoms with Crippen LogP contribution in [0.15, 0.2) is 6.07 Å². The van der Waals surface area contributed by atoms with Crippen molar-refractivity contribution < 1.29 is 14.6 Å². The molecule has 1 N–H and O–H groups in total. The van der Waals surface area contributed by atoms with E-state index >= 15 is 0 Å². The molecule has 0 aliphatic heterocycles. The second kappa shape index (κ2) is 6.31. The van der Waals surface area contributed by atoms with Crippen molar-refractivity contribution in [2.75, 3.05) is 20.3 Å². The smallest absolute Gasteiger partial charge is 0.236 e. The van der Waals surface area contributed by atoms with Crippen LogP contribution in [0, 0.1) is 6.92 Å². The van der Waals surface area contributed by atoms with E-state index in [1.54, 1.807) is 13.2 Å². The zero-order valence-electron chi connectivity index (χ0n) is 9.06. The van der Waals surface area contributed by atoms with Crippen LogP contribution in [0.4, 0.5) is 0 Å². The number of hydrogen-bond acceptors (Lipinski definition) is 5. The second-order valence-electron chi connectivity index (χ2n) is 3.18. The van der Waals surface area contributed by atoms with Gasteiger partial charge in [0.15, 0.2) is 0 Å². The van der Waals surface area contributed by atoms with Crippen LogP contribution in [0.25, 0.3) is 0 Å². The van der Waals surface area contributed by atoms with Crippen molar-refractivity contribution >= 4 is 0 Å². The first-order chi connectivity index (χ1) is 7.27. The van der Waals surface area contributed by atoms with Crippen LogP contribution in [-0.2, 0) is 11.3 Å². The van der Waals surface area contributed by atoms with Gasteiger partial charge in [0, 0.05) is 25.7 Å². The van der Waals surface area contributed by atoms with Gasteiger partial charge in [0.1, 0.15) is 0 Å². The molecular formula is C10H16N2O3. The van der Waals surface area contributed by atoms with Gasteiger partial charge in [0.25, 0.3) is 0 Å². The highest BCUT2D eigenvalue weighted by atomic mass is 16.5. The van der Waals surface area contributed by atoms with E-state index in [2.05, 4.69) is 10.2 Å². The number of aromatic nitrogens is 2. The van der Waals surface area contributed by atoms with Gasteiger partial charge in [-0.2, -0.15) is 0 Å². The molecule has 0 fully saturated rings. The van der Waals surface area contributed by atoms with Gasteiger partial charge in [0.05, 0.1) is 18.9 Å². The maximum absolute atomic E-state index is 8.84. The highest BCUT2D eigenvalue weighted by molar-refractivity contribution is 5.24. The summed E-state index contributed by atoms with van der Waals surface area (Å²) in [6.07, 6.45) is 0.819. The molecule has 0 aliphatic carbocycles. The Morgan fingerprint density at radius 1 is 1.33 bits per heavy atom. The van der Waals surface area contributed by atoms with Gasteiger partial charge in [-0.3, -0.25) is 0 Å². The monoisotopic (exact) mass is 212 g/mol. The molecule has 0 unspecified atom stereocenters. The fourth-order valence-electron chi connectivity index (χ4n) is 1.12. The molecule has 1 rings (SSSR count). The molecule has 1 heterocycles. The normalized spacial score (nSPS) is 10.3. The molecule has 0 spiro atoms. The van der Waals surface area contributed by atoms with Crippen molar-refractivity contribution in [3.8, 4) is 5.88 Å². The minimum absolute atomic E-state index is 0.0994. The van der Waals surface area contributed by atoms with Crippen molar-refractivity contribution in [3.63, 3.8) is 0 Å². The lowest BCUT2D eigenvalue weighted by molar-refractivity contribution is 0.169. The van der Waals surface area contributed by atoms with Crippen LogP contribution in [0.2, 0.25) is 0 Å². The molecule has 0 atom stereocenters. The first-order valence-electron chi connectivity index (χ1n) is 4.83. The van der Waals surface area contributed by atoms with Gasteiger partial charge in [0.2, 0.25) is 5.88 Å². The van der Waals surface area contributed by atoms with Crippen LogP contribution in [-0.4, -0.2) is 35.6 Å². The predicted molar refractivity (Wildman–Crippen MR) is 54.7 cm³/mol. The SMILES string of the molecule is COCCCOc1nnc(CO)cc1C. The minimum atomic E-state index is -0.0994. The fourth-order valence-corrected chi connectivity index (χ4v) is 1.12. The van der Waals surface area contributed by atoms with E-state index < -0.39 is 0 Å². The minimum Gasteiger partial charge on any atom is -0.476 e.